The van der Waals surface area contributed by atoms with Crippen LogP contribution in [0.2, 0.25) is 0 Å². The SMILES string of the molecule is CC(C)[C@H](Sc1n[nH]c(-c2ccccc2F)n1)C(=O)NC(N)=O. The Kier molecular flexibility index (Phi) is 5.32. The molecule has 7 nitrogen and oxygen atoms in total. The number of benzene rings is 1. The lowest BCUT2D eigenvalue weighted by atomic mass is 10.1. The minimum absolute atomic E-state index is 0.0882. The number of imide groups is 1. The number of aromatic nitrogens is 3. The van der Waals surface area contributed by atoms with Crippen LogP contribution in [0, 0.1) is 11.7 Å². The number of hydrogen-bond acceptors (Lipinski definition) is 5. The number of rotatable bonds is 5. The van der Waals surface area contributed by atoms with E-state index < -0.39 is 23.0 Å². The van der Waals surface area contributed by atoms with E-state index in [1.807, 2.05) is 19.2 Å². The van der Waals surface area contributed by atoms with Crippen molar-refractivity contribution in [3.8, 4) is 11.4 Å². The van der Waals surface area contributed by atoms with Crippen LogP contribution in [0.15, 0.2) is 29.4 Å². The molecule has 23 heavy (non-hydrogen) atoms. The second-order valence-corrected chi connectivity index (χ2v) is 6.19. The molecule has 4 N–H and O–H groups in total. The number of carbonyl (C=O) groups is 2. The second-order valence-electron chi connectivity index (χ2n) is 5.08. The van der Waals surface area contributed by atoms with Gasteiger partial charge in [0.05, 0.1) is 10.8 Å². The largest absolute Gasteiger partial charge is 0.351 e. The van der Waals surface area contributed by atoms with E-state index in [2.05, 4.69) is 15.2 Å². The van der Waals surface area contributed by atoms with E-state index in [1.165, 1.54) is 6.07 Å². The number of nitrogens with one attached hydrogen (secondary N) is 2. The summed E-state index contributed by atoms with van der Waals surface area (Å²) in [6.45, 7) is 3.64. The van der Waals surface area contributed by atoms with Crippen molar-refractivity contribution in [3.63, 3.8) is 0 Å². The first kappa shape index (κ1) is 16.9. The fourth-order valence-corrected chi connectivity index (χ4v) is 2.78. The maximum absolute atomic E-state index is 13.7. The molecule has 0 bridgehead atoms. The molecule has 0 saturated carbocycles. The number of urea groups is 1. The standard InChI is InChI=1S/C14H16FN5O2S/c1-7(2)10(12(21)18-13(16)22)23-14-17-11(19-20-14)8-5-3-4-6-9(8)15/h3-7,10H,1-2H3,(H,17,19,20)(H3,16,18,21,22)/t10-/m0/s1. The van der Waals surface area contributed by atoms with Gasteiger partial charge in [0, 0.05) is 0 Å². The second kappa shape index (κ2) is 7.23. The van der Waals surface area contributed by atoms with Gasteiger partial charge in [-0.05, 0) is 18.1 Å². The smallest absolute Gasteiger partial charge is 0.318 e. The molecule has 3 amide bonds. The summed E-state index contributed by atoms with van der Waals surface area (Å²) in [4.78, 5) is 27.0. The quantitative estimate of drug-likeness (QED) is 0.721. The predicted octanol–water partition coefficient (Wildman–Crippen LogP) is 1.92. The Morgan fingerprint density at radius 1 is 1.35 bits per heavy atom. The number of carbonyl (C=O) groups excluding carboxylic acids is 2. The topological polar surface area (TPSA) is 114 Å². The molecule has 0 aliphatic heterocycles. The lowest BCUT2D eigenvalue weighted by Gasteiger charge is -2.16. The Balaban J connectivity index is 2.18. The van der Waals surface area contributed by atoms with Gasteiger partial charge in [-0.2, -0.15) is 0 Å². The van der Waals surface area contributed by atoms with Crippen LogP contribution in [0.4, 0.5) is 9.18 Å². The third kappa shape index (κ3) is 4.28. The molecule has 1 aromatic carbocycles. The van der Waals surface area contributed by atoms with E-state index >= 15 is 0 Å². The van der Waals surface area contributed by atoms with Crippen LogP contribution in [0.3, 0.4) is 0 Å². The number of primary amides is 1. The molecular formula is C14H16FN5O2S. The van der Waals surface area contributed by atoms with Crippen LogP contribution in [0.25, 0.3) is 11.4 Å². The summed E-state index contributed by atoms with van der Waals surface area (Å²) in [5.74, 6) is -0.764. The summed E-state index contributed by atoms with van der Waals surface area (Å²) in [5.41, 5.74) is 5.25. The molecule has 1 aromatic heterocycles. The van der Waals surface area contributed by atoms with Crippen LogP contribution in [-0.2, 0) is 4.79 Å². The van der Waals surface area contributed by atoms with E-state index in [1.54, 1.807) is 18.2 Å². The van der Waals surface area contributed by atoms with Crippen molar-refractivity contribution >= 4 is 23.7 Å². The number of nitrogens with two attached hydrogens (primary N) is 1. The van der Waals surface area contributed by atoms with E-state index in [-0.39, 0.29) is 22.5 Å². The van der Waals surface area contributed by atoms with Crippen molar-refractivity contribution in [1.82, 2.24) is 20.5 Å². The normalized spacial score (nSPS) is 12.2. The number of nitrogens with zero attached hydrogens (tertiary/aromatic N) is 2. The maximum atomic E-state index is 13.7. The summed E-state index contributed by atoms with van der Waals surface area (Å²) in [7, 11) is 0. The Morgan fingerprint density at radius 2 is 2.04 bits per heavy atom. The first-order valence-electron chi connectivity index (χ1n) is 6.82. The molecule has 122 valence electrons. The van der Waals surface area contributed by atoms with Crippen LogP contribution < -0.4 is 11.1 Å². The zero-order chi connectivity index (χ0) is 17.0. The average molecular weight is 337 g/mol. The summed E-state index contributed by atoms with van der Waals surface area (Å²) in [6.07, 6.45) is 0. The molecule has 9 heteroatoms. The van der Waals surface area contributed by atoms with Crippen LogP contribution in [0.1, 0.15) is 13.8 Å². The highest BCUT2D eigenvalue weighted by Crippen LogP contribution is 2.27. The van der Waals surface area contributed by atoms with Crippen molar-refractivity contribution in [1.29, 1.82) is 0 Å². The number of halogens is 1. The summed E-state index contributed by atoms with van der Waals surface area (Å²) < 4.78 is 13.7. The van der Waals surface area contributed by atoms with Gasteiger partial charge in [0.15, 0.2) is 5.82 Å². The van der Waals surface area contributed by atoms with Gasteiger partial charge >= 0.3 is 6.03 Å². The fraction of sp³-hybridized carbons (Fsp3) is 0.286. The Bertz CT molecular complexity index is 719. The average Bonchev–Trinajstić information content (AvgIpc) is 2.92. The fourth-order valence-electron chi connectivity index (χ4n) is 1.87. The zero-order valence-corrected chi connectivity index (χ0v) is 13.4. The van der Waals surface area contributed by atoms with Crippen molar-refractivity contribution < 1.29 is 14.0 Å². The first-order chi connectivity index (χ1) is 10.9. The van der Waals surface area contributed by atoms with Crippen molar-refractivity contribution in [2.45, 2.75) is 24.3 Å². The number of thioether (sulfide) groups is 1. The van der Waals surface area contributed by atoms with E-state index in [4.69, 9.17) is 5.73 Å². The number of aromatic amines is 1. The molecule has 1 heterocycles. The van der Waals surface area contributed by atoms with E-state index in [9.17, 15) is 14.0 Å². The molecule has 2 aromatic rings. The third-order valence-electron chi connectivity index (χ3n) is 2.94. The van der Waals surface area contributed by atoms with Crippen LogP contribution in [0.5, 0.6) is 0 Å². The first-order valence-corrected chi connectivity index (χ1v) is 7.70. The molecule has 1 atom stereocenters. The summed E-state index contributed by atoms with van der Waals surface area (Å²) >= 11 is 1.07. The molecular weight excluding hydrogens is 321 g/mol. The highest BCUT2D eigenvalue weighted by Gasteiger charge is 2.26. The maximum Gasteiger partial charge on any atom is 0.318 e. The molecule has 0 saturated heterocycles. The molecule has 0 aliphatic rings. The van der Waals surface area contributed by atoms with Gasteiger partial charge in [-0.25, -0.2) is 14.2 Å². The van der Waals surface area contributed by atoms with Gasteiger partial charge < -0.3 is 5.73 Å². The Hall–Kier alpha value is -2.42. The Morgan fingerprint density at radius 3 is 2.65 bits per heavy atom. The lowest BCUT2D eigenvalue weighted by Crippen LogP contribution is -2.42. The molecule has 0 aliphatic carbocycles. The number of hydrogen-bond donors (Lipinski definition) is 3. The van der Waals surface area contributed by atoms with Gasteiger partial charge in [0.2, 0.25) is 11.1 Å². The van der Waals surface area contributed by atoms with Gasteiger partial charge in [0.25, 0.3) is 0 Å². The summed E-state index contributed by atoms with van der Waals surface area (Å²) in [6, 6.07) is 5.24. The van der Waals surface area contributed by atoms with E-state index in [0.29, 0.717) is 0 Å². The molecule has 0 spiro atoms. The van der Waals surface area contributed by atoms with E-state index in [0.717, 1.165) is 11.8 Å². The number of amides is 3. The van der Waals surface area contributed by atoms with Gasteiger partial charge in [-0.1, -0.05) is 37.7 Å². The van der Waals surface area contributed by atoms with Crippen molar-refractivity contribution in [2.75, 3.05) is 0 Å². The highest BCUT2D eigenvalue weighted by atomic mass is 32.2. The molecule has 2 rings (SSSR count). The van der Waals surface area contributed by atoms with Gasteiger partial charge in [-0.3, -0.25) is 15.2 Å². The minimum Gasteiger partial charge on any atom is -0.351 e. The summed E-state index contributed by atoms with van der Waals surface area (Å²) in [5, 5.41) is 8.34. The Labute approximate surface area is 136 Å². The molecule has 0 radical (unpaired) electrons. The zero-order valence-electron chi connectivity index (χ0n) is 12.5. The van der Waals surface area contributed by atoms with Crippen molar-refractivity contribution in [2.24, 2.45) is 11.7 Å². The lowest BCUT2D eigenvalue weighted by molar-refractivity contribution is -0.120. The predicted molar refractivity (Wildman–Crippen MR) is 84.0 cm³/mol. The van der Waals surface area contributed by atoms with Crippen LogP contribution in [-0.4, -0.2) is 32.4 Å². The van der Waals surface area contributed by atoms with Crippen molar-refractivity contribution in [3.05, 3.63) is 30.1 Å². The van der Waals surface area contributed by atoms with Crippen LogP contribution >= 0.6 is 11.8 Å². The monoisotopic (exact) mass is 337 g/mol. The van der Waals surface area contributed by atoms with Gasteiger partial charge in [0.1, 0.15) is 5.82 Å². The molecule has 0 unspecified atom stereocenters. The highest BCUT2D eigenvalue weighted by molar-refractivity contribution is 8.00. The number of H-pyrrole nitrogens is 1. The third-order valence-corrected chi connectivity index (χ3v) is 4.34. The molecule has 0 fully saturated rings. The van der Waals surface area contributed by atoms with Gasteiger partial charge in [-0.15, -0.1) is 5.10 Å². The minimum atomic E-state index is -0.914.